The van der Waals surface area contributed by atoms with Gasteiger partial charge < -0.3 is 20.6 Å². The number of amides is 1. The first-order valence-corrected chi connectivity index (χ1v) is 6.00. The molecule has 0 unspecified atom stereocenters. The van der Waals surface area contributed by atoms with Crippen molar-refractivity contribution in [1.29, 1.82) is 0 Å². The lowest BCUT2D eigenvalue weighted by Crippen LogP contribution is -2.11. The monoisotopic (exact) mass is 294 g/mol. The fourth-order valence-corrected chi connectivity index (χ4v) is 1.83. The summed E-state index contributed by atoms with van der Waals surface area (Å²) in [5.74, 6) is -1.36. The summed E-state index contributed by atoms with van der Waals surface area (Å²) in [6.07, 6.45) is 0. The molecule has 0 saturated heterocycles. The number of nitrogens with one attached hydrogen (secondary N) is 1. The molecule has 1 aromatic heterocycles. The number of carbonyl (C=O) groups is 2. The second-order valence-electron chi connectivity index (χ2n) is 3.98. The van der Waals surface area contributed by atoms with E-state index >= 15 is 0 Å². The molecule has 0 radical (unpaired) electrons. The van der Waals surface area contributed by atoms with Crippen LogP contribution in [-0.2, 0) is 6.54 Å². The third-order valence-electron chi connectivity index (χ3n) is 2.58. The summed E-state index contributed by atoms with van der Waals surface area (Å²) >= 11 is 6.00. The molecular formula is C13H11ClN2O4. The van der Waals surface area contributed by atoms with E-state index in [4.69, 9.17) is 26.9 Å². The van der Waals surface area contributed by atoms with Crippen LogP contribution in [0.4, 0.5) is 5.69 Å². The number of anilines is 1. The van der Waals surface area contributed by atoms with Gasteiger partial charge in [-0.1, -0.05) is 11.6 Å². The number of carbonyl (C=O) groups excluding carboxylic acids is 1. The lowest BCUT2D eigenvalue weighted by atomic mass is 10.2. The summed E-state index contributed by atoms with van der Waals surface area (Å²) < 4.78 is 5.09. The van der Waals surface area contributed by atoms with Gasteiger partial charge in [0.25, 0.3) is 0 Å². The number of aromatic carboxylic acids is 1. The van der Waals surface area contributed by atoms with Crippen molar-refractivity contribution in [3.05, 3.63) is 52.4 Å². The van der Waals surface area contributed by atoms with Gasteiger partial charge in [0.05, 0.1) is 17.3 Å². The summed E-state index contributed by atoms with van der Waals surface area (Å²) in [5.41, 5.74) is 6.04. The Morgan fingerprint density at radius 1 is 1.30 bits per heavy atom. The Labute approximate surface area is 119 Å². The molecule has 2 aromatic rings. The molecule has 0 spiro atoms. The Bertz CT molecular complexity index is 666. The van der Waals surface area contributed by atoms with Crippen molar-refractivity contribution >= 4 is 29.2 Å². The number of halogens is 1. The molecule has 0 bridgehead atoms. The van der Waals surface area contributed by atoms with E-state index in [1.54, 1.807) is 18.2 Å². The van der Waals surface area contributed by atoms with Gasteiger partial charge in [-0.2, -0.15) is 0 Å². The molecule has 1 amide bonds. The van der Waals surface area contributed by atoms with Gasteiger partial charge in [0.2, 0.25) is 11.7 Å². The first kappa shape index (κ1) is 14.0. The van der Waals surface area contributed by atoms with Crippen molar-refractivity contribution in [3.63, 3.8) is 0 Å². The highest BCUT2D eigenvalue weighted by molar-refractivity contribution is 6.33. The minimum Gasteiger partial charge on any atom is -0.475 e. The maximum atomic E-state index is 11.0. The minimum absolute atomic E-state index is 0.128. The molecule has 7 heteroatoms. The summed E-state index contributed by atoms with van der Waals surface area (Å²) in [7, 11) is 0. The molecule has 1 aromatic carbocycles. The zero-order valence-corrected chi connectivity index (χ0v) is 11.0. The van der Waals surface area contributed by atoms with E-state index in [0.29, 0.717) is 22.0 Å². The molecule has 6 nitrogen and oxygen atoms in total. The Kier molecular flexibility index (Phi) is 3.95. The van der Waals surface area contributed by atoms with Gasteiger partial charge in [-0.05, 0) is 30.3 Å². The van der Waals surface area contributed by atoms with Gasteiger partial charge in [0, 0.05) is 5.56 Å². The molecule has 0 aliphatic rings. The highest BCUT2D eigenvalue weighted by Gasteiger charge is 2.10. The predicted octanol–water partition coefficient (Wildman–Crippen LogP) is 2.34. The Hall–Kier alpha value is -2.47. The van der Waals surface area contributed by atoms with Gasteiger partial charge in [-0.25, -0.2) is 4.79 Å². The van der Waals surface area contributed by atoms with E-state index in [0.717, 1.165) is 0 Å². The Morgan fingerprint density at radius 3 is 2.60 bits per heavy atom. The second kappa shape index (κ2) is 5.66. The number of carboxylic acid groups (broad SMARTS) is 1. The molecule has 2 rings (SSSR count). The van der Waals surface area contributed by atoms with Gasteiger partial charge in [0.15, 0.2) is 0 Å². The van der Waals surface area contributed by atoms with E-state index in [9.17, 15) is 9.59 Å². The number of carboxylic acids is 1. The number of hydrogen-bond donors (Lipinski definition) is 3. The van der Waals surface area contributed by atoms with E-state index in [2.05, 4.69) is 5.32 Å². The molecule has 20 heavy (non-hydrogen) atoms. The molecular weight excluding hydrogens is 284 g/mol. The molecule has 0 saturated carbocycles. The highest BCUT2D eigenvalue weighted by atomic mass is 35.5. The van der Waals surface area contributed by atoms with Crippen molar-refractivity contribution in [3.8, 4) is 0 Å². The molecule has 104 valence electrons. The van der Waals surface area contributed by atoms with E-state index < -0.39 is 11.9 Å². The summed E-state index contributed by atoms with van der Waals surface area (Å²) in [6.45, 7) is 0.267. The molecule has 1 heterocycles. The number of nitrogens with two attached hydrogens (primary N) is 1. The molecule has 0 aliphatic heterocycles. The molecule has 4 N–H and O–H groups in total. The van der Waals surface area contributed by atoms with Crippen LogP contribution >= 0.6 is 11.6 Å². The van der Waals surface area contributed by atoms with Crippen molar-refractivity contribution in [1.82, 2.24) is 0 Å². The third-order valence-corrected chi connectivity index (χ3v) is 2.89. The molecule has 0 aliphatic carbocycles. The van der Waals surface area contributed by atoms with Crippen molar-refractivity contribution < 1.29 is 19.1 Å². The second-order valence-corrected chi connectivity index (χ2v) is 4.39. The summed E-state index contributed by atoms with van der Waals surface area (Å²) in [4.78, 5) is 21.6. The van der Waals surface area contributed by atoms with Crippen LogP contribution in [0.5, 0.6) is 0 Å². The Morgan fingerprint density at radius 2 is 2.05 bits per heavy atom. The smallest absolute Gasteiger partial charge is 0.371 e. The van der Waals surface area contributed by atoms with Crippen LogP contribution in [0.1, 0.15) is 26.7 Å². The standard InChI is InChI=1S/C13H11ClN2O4/c14-9-5-7(12(15)17)1-3-10(9)16-6-8-2-4-11(20-8)13(18)19/h1-5,16H,6H2,(H2,15,17)(H,18,19). The van der Waals surface area contributed by atoms with Crippen molar-refractivity contribution in [2.75, 3.05) is 5.32 Å². The van der Waals surface area contributed by atoms with E-state index in [1.807, 2.05) is 0 Å². The van der Waals surface area contributed by atoms with E-state index in [1.165, 1.54) is 12.1 Å². The molecule has 0 fully saturated rings. The average Bonchev–Trinajstić information content (AvgIpc) is 2.86. The zero-order valence-electron chi connectivity index (χ0n) is 10.2. The summed E-state index contributed by atoms with van der Waals surface area (Å²) in [6, 6.07) is 7.54. The van der Waals surface area contributed by atoms with Crippen molar-refractivity contribution in [2.45, 2.75) is 6.54 Å². The third kappa shape index (κ3) is 3.10. The van der Waals surface area contributed by atoms with Gasteiger partial charge in [-0.15, -0.1) is 0 Å². The fourth-order valence-electron chi connectivity index (χ4n) is 1.58. The largest absolute Gasteiger partial charge is 0.475 e. The molecule has 0 atom stereocenters. The van der Waals surface area contributed by atoms with Crippen LogP contribution in [0.25, 0.3) is 0 Å². The van der Waals surface area contributed by atoms with E-state index in [-0.39, 0.29) is 12.3 Å². The van der Waals surface area contributed by atoms with Gasteiger partial charge in [0.1, 0.15) is 5.76 Å². The number of furan rings is 1. The topological polar surface area (TPSA) is 106 Å². The van der Waals surface area contributed by atoms with Crippen LogP contribution < -0.4 is 11.1 Å². The highest BCUT2D eigenvalue weighted by Crippen LogP contribution is 2.23. The van der Waals surface area contributed by atoms with Gasteiger partial charge >= 0.3 is 5.97 Å². The van der Waals surface area contributed by atoms with Crippen molar-refractivity contribution in [2.24, 2.45) is 5.73 Å². The maximum absolute atomic E-state index is 11.0. The normalized spacial score (nSPS) is 10.2. The fraction of sp³-hybridized carbons (Fsp3) is 0.0769. The van der Waals surface area contributed by atoms with Crippen LogP contribution in [-0.4, -0.2) is 17.0 Å². The Balaban J connectivity index is 2.06. The SMILES string of the molecule is NC(=O)c1ccc(NCc2ccc(C(=O)O)o2)c(Cl)c1. The first-order chi connectivity index (χ1) is 9.47. The van der Waals surface area contributed by atoms with Crippen LogP contribution in [0, 0.1) is 0 Å². The van der Waals surface area contributed by atoms with Crippen LogP contribution in [0.15, 0.2) is 34.7 Å². The predicted molar refractivity (Wildman–Crippen MR) is 73.0 cm³/mol. The number of benzene rings is 1. The summed E-state index contributed by atoms with van der Waals surface area (Å²) in [5, 5.41) is 12.0. The quantitative estimate of drug-likeness (QED) is 0.785. The van der Waals surface area contributed by atoms with Crippen LogP contribution in [0.2, 0.25) is 5.02 Å². The lowest BCUT2D eigenvalue weighted by Gasteiger charge is -2.07. The van der Waals surface area contributed by atoms with Crippen LogP contribution in [0.3, 0.4) is 0 Å². The minimum atomic E-state index is -1.12. The first-order valence-electron chi connectivity index (χ1n) is 5.62. The number of rotatable bonds is 5. The maximum Gasteiger partial charge on any atom is 0.371 e. The number of hydrogen-bond acceptors (Lipinski definition) is 4. The number of primary amides is 1. The lowest BCUT2D eigenvalue weighted by molar-refractivity contribution is 0.0660. The average molecular weight is 295 g/mol. The van der Waals surface area contributed by atoms with Gasteiger partial charge in [-0.3, -0.25) is 4.79 Å². The zero-order chi connectivity index (χ0) is 14.7.